The van der Waals surface area contributed by atoms with E-state index < -0.39 is 0 Å². The predicted molar refractivity (Wildman–Crippen MR) is 85.9 cm³/mol. The van der Waals surface area contributed by atoms with Gasteiger partial charge in [0.25, 0.3) is 5.91 Å². The van der Waals surface area contributed by atoms with Crippen LogP contribution >= 0.6 is 11.6 Å². The van der Waals surface area contributed by atoms with E-state index in [4.69, 9.17) is 11.6 Å². The molecule has 4 heteroatoms. The molecule has 2 aliphatic heterocycles. The fourth-order valence-electron chi connectivity index (χ4n) is 3.82. The van der Waals surface area contributed by atoms with E-state index >= 15 is 0 Å². The average Bonchev–Trinajstić information content (AvgIpc) is 2.81. The molecule has 21 heavy (non-hydrogen) atoms. The van der Waals surface area contributed by atoms with E-state index in [1.165, 1.54) is 12.8 Å². The molecule has 1 aromatic rings. The van der Waals surface area contributed by atoms with Gasteiger partial charge in [-0.05, 0) is 51.2 Å². The topological polar surface area (TPSA) is 32.3 Å². The maximum atomic E-state index is 12.9. The molecule has 114 valence electrons. The number of amides is 1. The third-order valence-corrected chi connectivity index (χ3v) is 5.41. The van der Waals surface area contributed by atoms with Crippen molar-refractivity contribution in [1.82, 2.24) is 10.2 Å². The number of piperidine rings is 1. The smallest absolute Gasteiger partial charge is 0.255 e. The second kappa shape index (κ2) is 5.98. The first-order chi connectivity index (χ1) is 10.1. The van der Waals surface area contributed by atoms with Crippen molar-refractivity contribution in [2.45, 2.75) is 57.7 Å². The van der Waals surface area contributed by atoms with E-state index in [2.05, 4.69) is 12.2 Å². The Bertz CT molecular complexity index is 534. The van der Waals surface area contributed by atoms with Gasteiger partial charge in [0.1, 0.15) is 0 Å². The quantitative estimate of drug-likeness (QED) is 0.928. The number of fused-ring (bicyclic) bond motifs is 2. The Balaban J connectivity index is 1.82. The van der Waals surface area contributed by atoms with Crippen LogP contribution in [0.4, 0.5) is 0 Å². The molecule has 2 atom stereocenters. The molecule has 2 bridgehead atoms. The van der Waals surface area contributed by atoms with Crippen LogP contribution in [0.1, 0.15) is 48.5 Å². The summed E-state index contributed by atoms with van der Waals surface area (Å²) in [7, 11) is 0. The second-order valence-electron chi connectivity index (χ2n) is 6.29. The Kier molecular flexibility index (Phi) is 4.23. The Labute approximate surface area is 131 Å². The number of carbonyl (C=O) groups is 1. The number of hydrogen-bond donors (Lipinski definition) is 1. The summed E-state index contributed by atoms with van der Waals surface area (Å²) in [6, 6.07) is 7.22. The Morgan fingerprint density at radius 2 is 2.00 bits per heavy atom. The summed E-state index contributed by atoms with van der Waals surface area (Å²) in [5.41, 5.74) is 1.60. The van der Waals surface area contributed by atoms with Crippen LogP contribution in [0.3, 0.4) is 0 Å². The van der Waals surface area contributed by atoms with E-state index in [9.17, 15) is 4.79 Å². The summed E-state index contributed by atoms with van der Waals surface area (Å²) in [5.74, 6) is 0.0810. The first-order valence-corrected chi connectivity index (χ1v) is 8.30. The zero-order valence-corrected chi connectivity index (χ0v) is 13.5. The fourth-order valence-corrected chi connectivity index (χ4v) is 4.02. The number of benzene rings is 1. The van der Waals surface area contributed by atoms with E-state index in [0.29, 0.717) is 28.7 Å². The van der Waals surface area contributed by atoms with Gasteiger partial charge in [-0.25, -0.2) is 0 Å². The van der Waals surface area contributed by atoms with Gasteiger partial charge in [0, 0.05) is 24.7 Å². The minimum atomic E-state index is 0.0810. The summed E-state index contributed by atoms with van der Waals surface area (Å²) in [4.78, 5) is 14.9. The molecule has 3 rings (SSSR count). The molecule has 2 aliphatic rings. The highest BCUT2D eigenvalue weighted by atomic mass is 35.5. The summed E-state index contributed by atoms with van der Waals surface area (Å²) in [6.07, 6.45) is 4.63. The van der Waals surface area contributed by atoms with Gasteiger partial charge in [-0.15, -0.1) is 0 Å². The first-order valence-electron chi connectivity index (χ1n) is 7.92. The van der Waals surface area contributed by atoms with Gasteiger partial charge in [-0.1, -0.05) is 23.7 Å². The minimum Gasteiger partial charge on any atom is -0.336 e. The molecule has 1 N–H and O–H groups in total. The van der Waals surface area contributed by atoms with Crippen LogP contribution < -0.4 is 5.32 Å². The normalized spacial score (nSPS) is 27.7. The number of rotatable bonds is 3. The van der Waals surface area contributed by atoms with Crippen molar-refractivity contribution in [1.29, 1.82) is 0 Å². The molecule has 2 heterocycles. The molecular weight excluding hydrogens is 284 g/mol. The Morgan fingerprint density at radius 3 is 2.62 bits per heavy atom. The van der Waals surface area contributed by atoms with Crippen molar-refractivity contribution < 1.29 is 4.79 Å². The van der Waals surface area contributed by atoms with Gasteiger partial charge in [0.15, 0.2) is 0 Å². The van der Waals surface area contributed by atoms with Crippen LogP contribution in [0, 0.1) is 6.92 Å². The van der Waals surface area contributed by atoms with Crippen LogP contribution in [0.25, 0.3) is 0 Å². The van der Waals surface area contributed by atoms with E-state index in [-0.39, 0.29) is 5.91 Å². The molecule has 2 unspecified atom stereocenters. The van der Waals surface area contributed by atoms with E-state index in [0.717, 1.165) is 24.9 Å². The van der Waals surface area contributed by atoms with E-state index in [1.54, 1.807) is 0 Å². The number of carbonyl (C=O) groups excluding carboxylic acids is 1. The third kappa shape index (κ3) is 2.82. The lowest BCUT2D eigenvalue weighted by molar-refractivity contribution is 0.0631. The first kappa shape index (κ1) is 14.9. The number of nitrogens with zero attached hydrogens (tertiary/aromatic N) is 1. The molecule has 0 saturated carbocycles. The van der Waals surface area contributed by atoms with Gasteiger partial charge in [-0.3, -0.25) is 4.79 Å². The number of aryl methyl sites for hydroxylation is 1. The fraction of sp³-hybridized carbons (Fsp3) is 0.588. The monoisotopic (exact) mass is 306 g/mol. The van der Waals surface area contributed by atoms with Crippen molar-refractivity contribution in [3.05, 3.63) is 34.3 Å². The molecule has 2 fully saturated rings. The molecule has 0 spiro atoms. The van der Waals surface area contributed by atoms with Crippen molar-refractivity contribution in [3.63, 3.8) is 0 Å². The van der Waals surface area contributed by atoms with Crippen molar-refractivity contribution in [2.75, 3.05) is 6.54 Å². The molecule has 1 amide bonds. The molecule has 3 nitrogen and oxygen atoms in total. The third-order valence-electron chi connectivity index (χ3n) is 4.91. The Morgan fingerprint density at radius 1 is 1.33 bits per heavy atom. The van der Waals surface area contributed by atoms with Gasteiger partial charge < -0.3 is 10.2 Å². The minimum absolute atomic E-state index is 0.0810. The number of hydrogen-bond acceptors (Lipinski definition) is 2. The predicted octanol–water partition coefficient (Wildman–Crippen LogP) is 3.39. The van der Waals surface area contributed by atoms with Gasteiger partial charge >= 0.3 is 0 Å². The van der Waals surface area contributed by atoms with Crippen LogP contribution in [-0.2, 0) is 0 Å². The lowest BCUT2D eigenvalue weighted by atomic mass is 9.97. The highest BCUT2D eigenvalue weighted by Crippen LogP contribution is 2.31. The summed E-state index contributed by atoms with van der Waals surface area (Å²) >= 11 is 6.34. The van der Waals surface area contributed by atoms with Crippen molar-refractivity contribution in [3.8, 4) is 0 Å². The van der Waals surface area contributed by atoms with Crippen LogP contribution in [-0.4, -0.2) is 35.5 Å². The molecule has 2 saturated heterocycles. The average molecular weight is 307 g/mol. The summed E-state index contributed by atoms with van der Waals surface area (Å²) < 4.78 is 0. The zero-order chi connectivity index (χ0) is 15.0. The van der Waals surface area contributed by atoms with Crippen molar-refractivity contribution >= 4 is 17.5 Å². The summed E-state index contributed by atoms with van der Waals surface area (Å²) in [5, 5.41) is 4.23. The maximum absolute atomic E-state index is 12.9. The summed E-state index contributed by atoms with van der Waals surface area (Å²) in [6.45, 7) is 4.75. The number of halogens is 1. The largest absolute Gasteiger partial charge is 0.336 e. The van der Waals surface area contributed by atoms with E-state index in [1.807, 2.05) is 30.0 Å². The molecule has 1 aromatic carbocycles. The van der Waals surface area contributed by atoms with Gasteiger partial charge in [0.2, 0.25) is 0 Å². The zero-order valence-electron chi connectivity index (χ0n) is 12.7. The van der Waals surface area contributed by atoms with Gasteiger partial charge in [0.05, 0.1) is 10.6 Å². The number of nitrogens with one attached hydrogen (secondary N) is 1. The molecule has 0 aliphatic carbocycles. The molecule has 0 aromatic heterocycles. The van der Waals surface area contributed by atoms with Crippen molar-refractivity contribution in [2.24, 2.45) is 0 Å². The van der Waals surface area contributed by atoms with Crippen LogP contribution in [0.15, 0.2) is 18.2 Å². The van der Waals surface area contributed by atoms with Crippen LogP contribution in [0.5, 0.6) is 0 Å². The Hall–Kier alpha value is -1.06. The maximum Gasteiger partial charge on any atom is 0.255 e. The lowest BCUT2D eigenvalue weighted by Gasteiger charge is -2.37. The highest BCUT2D eigenvalue weighted by Gasteiger charge is 2.37. The lowest BCUT2D eigenvalue weighted by Crippen LogP contribution is -2.50. The van der Waals surface area contributed by atoms with Gasteiger partial charge in [-0.2, -0.15) is 0 Å². The standard InChI is InChI=1S/C17H23ClN2O/c1-3-20(14-9-12-7-8-13(10-14)19-12)17(21)15-6-4-5-11(2)16(15)18/h4-6,12-14,19H,3,7-10H2,1-2H3. The second-order valence-corrected chi connectivity index (χ2v) is 6.67. The SMILES string of the molecule is CCN(C(=O)c1cccc(C)c1Cl)C1CC2CCC(C1)N2. The van der Waals surface area contributed by atoms with Crippen LogP contribution in [0.2, 0.25) is 5.02 Å². The highest BCUT2D eigenvalue weighted by molar-refractivity contribution is 6.34. The molecular formula is C17H23ClN2O. The molecule has 0 radical (unpaired) electrons.